The van der Waals surface area contributed by atoms with Gasteiger partial charge in [-0.05, 0) is 48.9 Å². The molecule has 0 radical (unpaired) electrons. The van der Waals surface area contributed by atoms with Gasteiger partial charge in [0.05, 0.1) is 10.6 Å². The zero-order chi connectivity index (χ0) is 14.0. The highest BCUT2D eigenvalue weighted by Gasteiger charge is 2.16. The number of nitrogens with zero attached hydrogens (tertiary/aromatic N) is 1. The lowest BCUT2D eigenvalue weighted by atomic mass is 10.1. The quantitative estimate of drug-likeness (QED) is 0.909. The molecule has 2 rings (SSSR count). The number of aryl methyl sites for hydroxylation is 1. The molecule has 98 valence electrons. The molecule has 2 aromatic carbocycles. The highest BCUT2D eigenvalue weighted by molar-refractivity contribution is 6.34. The van der Waals surface area contributed by atoms with Gasteiger partial charge in [-0.1, -0.05) is 17.7 Å². The van der Waals surface area contributed by atoms with Gasteiger partial charge in [0.2, 0.25) is 0 Å². The van der Waals surface area contributed by atoms with Gasteiger partial charge in [0.25, 0.3) is 5.91 Å². The molecule has 0 bridgehead atoms. The highest BCUT2D eigenvalue weighted by Crippen LogP contribution is 2.23. The minimum atomic E-state index is -0.185. The molecule has 0 saturated heterocycles. The molecule has 2 aromatic rings. The Morgan fingerprint density at radius 2 is 1.79 bits per heavy atom. The molecule has 1 amide bonds. The van der Waals surface area contributed by atoms with Crippen molar-refractivity contribution in [3.8, 4) is 5.75 Å². The fourth-order valence-electron chi connectivity index (χ4n) is 1.77. The number of anilines is 1. The summed E-state index contributed by atoms with van der Waals surface area (Å²) in [6.45, 7) is 1.92. The molecule has 0 aromatic heterocycles. The zero-order valence-electron chi connectivity index (χ0n) is 10.7. The average Bonchev–Trinajstić information content (AvgIpc) is 2.38. The lowest BCUT2D eigenvalue weighted by Gasteiger charge is -2.18. The maximum atomic E-state index is 12.3. The minimum Gasteiger partial charge on any atom is -0.508 e. The van der Waals surface area contributed by atoms with E-state index in [4.69, 9.17) is 11.6 Å². The third-order valence-electron chi connectivity index (χ3n) is 2.90. The number of rotatable bonds is 2. The van der Waals surface area contributed by atoms with Gasteiger partial charge < -0.3 is 10.0 Å². The van der Waals surface area contributed by atoms with E-state index in [1.54, 1.807) is 31.3 Å². The summed E-state index contributed by atoms with van der Waals surface area (Å²) in [7, 11) is 1.67. The van der Waals surface area contributed by atoms with Gasteiger partial charge in [-0.15, -0.1) is 0 Å². The smallest absolute Gasteiger partial charge is 0.259 e. The van der Waals surface area contributed by atoms with E-state index in [-0.39, 0.29) is 11.7 Å². The van der Waals surface area contributed by atoms with Gasteiger partial charge in [0.1, 0.15) is 5.75 Å². The summed E-state index contributed by atoms with van der Waals surface area (Å²) in [5.41, 5.74) is 2.16. The number of carbonyl (C=O) groups is 1. The minimum absolute atomic E-state index is 0.165. The third kappa shape index (κ3) is 2.88. The molecule has 0 aliphatic rings. The largest absolute Gasteiger partial charge is 0.508 e. The van der Waals surface area contributed by atoms with E-state index >= 15 is 0 Å². The predicted octanol–water partition coefficient (Wildman–Crippen LogP) is 3.63. The molecular formula is C15H14ClNO2. The van der Waals surface area contributed by atoms with Crippen molar-refractivity contribution < 1.29 is 9.90 Å². The zero-order valence-corrected chi connectivity index (χ0v) is 11.5. The molecule has 0 fully saturated rings. The number of phenols is 1. The Morgan fingerprint density at radius 1 is 1.16 bits per heavy atom. The fourth-order valence-corrected chi connectivity index (χ4v) is 2.08. The van der Waals surface area contributed by atoms with Gasteiger partial charge in [-0.2, -0.15) is 0 Å². The first-order valence-electron chi connectivity index (χ1n) is 5.82. The van der Waals surface area contributed by atoms with E-state index in [0.29, 0.717) is 16.3 Å². The molecule has 0 aliphatic heterocycles. The van der Waals surface area contributed by atoms with Gasteiger partial charge in [0.15, 0.2) is 0 Å². The van der Waals surface area contributed by atoms with Crippen LogP contribution in [0.4, 0.5) is 5.69 Å². The van der Waals surface area contributed by atoms with Crippen molar-refractivity contribution in [1.29, 1.82) is 0 Å². The van der Waals surface area contributed by atoms with E-state index in [2.05, 4.69) is 0 Å². The number of benzene rings is 2. The molecule has 0 atom stereocenters. The number of phenolic OH excluding ortho intramolecular Hbond substituents is 1. The summed E-state index contributed by atoms with van der Waals surface area (Å²) in [6, 6.07) is 11.8. The summed E-state index contributed by atoms with van der Waals surface area (Å²) in [5.74, 6) is -0.0198. The summed E-state index contributed by atoms with van der Waals surface area (Å²) >= 11 is 6.09. The first kappa shape index (κ1) is 13.4. The maximum absolute atomic E-state index is 12.3. The standard InChI is InChI=1S/C15H14ClNO2/c1-10-3-8-13(14(16)9-10)15(19)17(2)11-4-6-12(18)7-5-11/h3-9,18H,1-2H3. The Labute approximate surface area is 117 Å². The second-order valence-electron chi connectivity index (χ2n) is 4.36. The number of hydrogen-bond donors (Lipinski definition) is 1. The summed E-state index contributed by atoms with van der Waals surface area (Å²) in [5, 5.41) is 9.68. The van der Waals surface area contributed by atoms with E-state index in [1.165, 1.54) is 17.0 Å². The van der Waals surface area contributed by atoms with Gasteiger partial charge in [0, 0.05) is 12.7 Å². The summed E-state index contributed by atoms with van der Waals surface area (Å²) in [4.78, 5) is 13.8. The molecule has 3 nitrogen and oxygen atoms in total. The molecule has 0 aliphatic carbocycles. The van der Waals surface area contributed by atoms with Crippen LogP contribution >= 0.6 is 11.6 Å². The van der Waals surface area contributed by atoms with E-state index in [1.807, 2.05) is 13.0 Å². The molecule has 0 saturated carbocycles. The molecular weight excluding hydrogens is 262 g/mol. The van der Waals surface area contributed by atoms with Gasteiger partial charge >= 0.3 is 0 Å². The maximum Gasteiger partial charge on any atom is 0.259 e. The molecule has 0 heterocycles. The van der Waals surface area contributed by atoms with Crippen LogP contribution in [0.5, 0.6) is 5.75 Å². The summed E-state index contributed by atoms with van der Waals surface area (Å²) < 4.78 is 0. The number of carbonyl (C=O) groups excluding carboxylic acids is 1. The third-order valence-corrected chi connectivity index (χ3v) is 3.21. The van der Waals surface area contributed by atoms with Crippen LogP contribution in [0, 0.1) is 6.92 Å². The van der Waals surface area contributed by atoms with E-state index < -0.39 is 0 Å². The fraction of sp³-hybridized carbons (Fsp3) is 0.133. The number of halogens is 1. The van der Waals surface area contributed by atoms with Crippen molar-refractivity contribution in [1.82, 2.24) is 0 Å². The Kier molecular flexibility index (Phi) is 3.76. The van der Waals surface area contributed by atoms with Crippen LogP contribution in [-0.4, -0.2) is 18.1 Å². The Bertz CT molecular complexity index is 608. The van der Waals surface area contributed by atoms with E-state index in [0.717, 1.165) is 5.56 Å². The second-order valence-corrected chi connectivity index (χ2v) is 4.77. The normalized spacial score (nSPS) is 10.3. The van der Waals surface area contributed by atoms with Gasteiger partial charge in [-0.3, -0.25) is 4.79 Å². The Morgan fingerprint density at radius 3 is 2.37 bits per heavy atom. The summed E-state index contributed by atoms with van der Waals surface area (Å²) in [6.07, 6.45) is 0. The van der Waals surface area contributed by atoms with Crippen LogP contribution in [0.25, 0.3) is 0 Å². The number of hydrogen-bond acceptors (Lipinski definition) is 2. The van der Waals surface area contributed by atoms with Crippen LogP contribution in [-0.2, 0) is 0 Å². The molecule has 1 N–H and O–H groups in total. The van der Waals surface area contributed by atoms with Crippen molar-refractivity contribution in [3.63, 3.8) is 0 Å². The van der Waals surface area contributed by atoms with Gasteiger partial charge in [-0.25, -0.2) is 0 Å². The monoisotopic (exact) mass is 275 g/mol. The van der Waals surface area contributed by atoms with Crippen molar-refractivity contribution in [3.05, 3.63) is 58.6 Å². The lowest BCUT2D eigenvalue weighted by Crippen LogP contribution is -2.26. The van der Waals surface area contributed by atoms with Crippen molar-refractivity contribution in [2.24, 2.45) is 0 Å². The lowest BCUT2D eigenvalue weighted by molar-refractivity contribution is 0.0993. The van der Waals surface area contributed by atoms with Crippen LogP contribution in [0.3, 0.4) is 0 Å². The van der Waals surface area contributed by atoms with Crippen LogP contribution < -0.4 is 4.90 Å². The predicted molar refractivity (Wildman–Crippen MR) is 77.0 cm³/mol. The van der Waals surface area contributed by atoms with Crippen LogP contribution in [0.1, 0.15) is 15.9 Å². The molecule has 19 heavy (non-hydrogen) atoms. The average molecular weight is 276 g/mol. The van der Waals surface area contributed by atoms with Crippen molar-refractivity contribution >= 4 is 23.2 Å². The molecule has 0 spiro atoms. The second kappa shape index (κ2) is 5.33. The first-order chi connectivity index (χ1) is 8.99. The van der Waals surface area contributed by atoms with E-state index in [9.17, 15) is 9.90 Å². The Hall–Kier alpha value is -2.00. The SMILES string of the molecule is Cc1ccc(C(=O)N(C)c2ccc(O)cc2)c(Cl)c1. The first-order valence-corrected chi connectivity index (χ1v) is 6.20. The number of aromatic hydroxyl groups is 1. The molecule has 0 unspecified atom stereocenters. The van der Waals surface area contributed by atoms with Crippen molar-refractivity contribution in [2.45, 2.75) is 6.92 Å². The van der Waals surface area contributed by atoms with Crippen molar-refractivity contribution in [2.75, 3.05) is 11.9 Å². The topological polar surface area (TPSA) is 40.5 Å². The highest BCUT2D eigenvalue weighted by atomic mass is 35.5. The van der Waals surface area contributed by atoms with Crippen LogP contribution in [0.2, 0.25) is 5.02 Å². The Balaban J connectivity index is 2.30. The van der Waals surface area contributed by atoms with Crippen LogP contribution in [0.15, 0.2) is 42.5 Å². The molecule has 4 heteroatoms. The number of amides is 1.